The molecule has 0 bridgehead atoms. The molecule has 0 unspecified atom stereocenters. The van der Waals surface area contributed by atoms with Crippen molar-refractivity contribution in [3.63, 3.8) is 0 Å². The first kappa shape index (κ1) is 13.1. The molecule has 0 atom stereocenters. The van der Waals surface area contributed by atoms with Crippen LogP contribution in [0, 0.1) is 6.92 Å². The molecule has 0 aliphatic rings. The lowest BCUT2D eigenvalue weighted by molar-refractivity contribution is 0.453. The van der Waals surface area contributed by atoms with Crippen molar-refractivity contribution < 1.29 is 4.42 Å². The quantitative estimate of drug-likeness (QED) is 0.796. The second-order valence-electron chi connectivity index (χ2n) is 4.53. The van der Waals surface area contributed by atoms with Crippen LogP contribution in [0.15, 0.2) is 51.3 Å². The molecule has 20 heavy (non-hydrogen) atoms. The summed E-state index contributed by atoms with van der Waals surface area (Å²) in [6.45, 7) is 2.68. The van der Waals surface area contributed by atoms with E-state index >= 15 is 0 Å². The number of benzene rings is 1. The summed E-state index contributed by atoms with van der Waals surface area (Å²) in [5.41, 5.74) is 3.01. The third kappa shape index (κ3) is 2.69. The molecule has 0 radical (unpaired) electrons. The highest BCUT2D eigenvalue weighted by atomic mass is 32.2. The van der Waals surface area contributed by atoms with Crippen LogP contribution >= 0.6 is 11.8 Å². The third-order valence-electron chi connectivity index (χ3n) is 2.91. The van der Waals surface area contributed by atoms with Gasteiger partial charge in [-0.2, -0.15) is 0 Å². The van der Waals surface area contributed by atoms with Crippen molar-refractivity contribution in [1.29, 1.82) is 0 Å². The summed E-state index contributed by atoms with van der Waals surface area (Å²) in [5, 5.41) is 5.88. The summed E-state index contributed by atoms with van der Waals surface area (Å²) in [4.78, 5) is 9.04. The lowest BCUT2D eigenvalue weighted by atomic mass is 10.1. The number of rotatable bonds is 4. The van der Waals surface area contributed by atoms with Gasteiger partial charge in [-0.25, -0.2) is 9.97 Å². The Kier molecular flexibility index (Phi) is 3.71. The van der Waals surface area contributed by atoms with E-state index in [0.29, 0.717) is 5.22 Å². The van der Waals surface area contributed by atoms with Crippen LogP contribution in [0.25, 0.3) is 10.9 Å². The van der Waals surface area contributed by atoms with Crippen molar-refractivity contribution in [2.24, 2.45) is 0 Å². The van der Waals surface area contributed by atoms with Gasteiger partial charge in [-0.1, -0.05) is 18.2 Å². The van der Waals surface area contributed by atoms with Crippen molar-refractivity contribution >= 4 is 22.7 Å². The van der Waals surface area contributed by atoms with E-state index in [1.165, 1.54) is 11.8 Å². The van der Waals surface area contributed by atoms with E-state index in [4.69, 9.17) is 9.40 Å². The van der Waals surface area contributed by atoms with Crippen molar-refractivity contribution in [3.8, 4) is 0 Å². The SMILES string of the molecule is CNCc1cc2ccccc2nc1Sc1nc(C)co1. The summed E-state index contributed by atoms with van der Waals surface area (Å²) in [6, 6.07) is 10.3. The maximum absolute atomic E-state index is 5.40. The highest BCUT2D eigenvalue weighted by Gasteiger charge is 2.11. The van der Waals surface area contributed by atoms with Gasteiger partial charge in [-0.05, 0) is 43.4 Å². The number of pyridine rings is 1. The Morgan fingerprint density at radius 3 is 2.85 bits per heavy atom. The standard InChI is InChI=1S/C15H15N3OS/c1-10-9-19-15(17-10)20-14-12(8-16-2)7-11-5-3-4-6-13(11)18-14/h3-7,9,16H,8H2,1-2H3. The van der Waals surface area contributed by atoms with Gasteiger partial charge in [0.05, 0.1) is 11.2 Å². The zero-order chi connectivity index (χ0) is 13.9. The fraction of sp³-hybridized carbons (Fsp3) is 0.200. The fourth-order valence-corrected chi connectivity index (χ4v) is 2.87. The zero-order valence-electron chi connectivity index (χ0n) is 11.4. The summed E-state index contributed by atoms with van der Waals surface area (Å²) >= 11 is 1.46. The maximum atomic E-state index is 5.40. The summed E-state index contributed by atoms with van der Waals surface area (Å²) < 4.78 is 5.40. The molecule has 4 nitrogen and oxygen atoms in total. The fourth-order valence-electron chi connectivity index (χ4n) is 2.01. The summed E-state index contributed by atoms with van der Waals surface area (Å²) in [6.07, 6.45) is 1.65. The molecular formula is C15H15N3OS. The van der Waals surface area contributed by atoms with Crippen molar-refractivity contribution in [2.75, 3.05) is 7.05 Å². The molecule has 3 rings (SSSR count). The average Bonchev–Trinajstić information content (AvgIpc) is 2.85. The highest BCUT2D eigenvalue weighted by Crippen LogP contribution is 2.30. The molecule has 1 aromatic carbocycles. The van der Waals surface area contributed by atoms with E-state index in [2.05, 4.69) is 22.4 Å². The molecule has 3 aromatic rings. The second kappa shape index (κ2) is 5.64. The van der Waals surface area contributed by atoms with E-state index in [1.807, 2.05) is 32.2 Å². The van der Waals surface area contributed by atoms with Gasteiger partial charge in [0.2, 0.25) is 0 Å². The molecule has 5 heteroatoms. The Morgan fingerprint density at radius 1 is 1.25 bits per heavy atom. The lowest BCUT2D eigenvalue weighted by Crippen LogP contribution is -2.07. The third-order valence-corrected chi connectivity index (χ3v) is 3.82. The number of para-hydroxylation sites is 1. The molecule has 0 amide bonds. The molecule has 2 heterocycles. The van der Waals surface area contributed by atoms with Crippen LogP contribution in [0.5, 0.6) is 0 Å². The van der Waals surface area contributed by atoms with Gasteiger partial charge in [0.1, 0.15) is 11.3 Å². The van der Waals surface area contributed by atoms with Crippen LogP contribution in [-0.2, 0) is 6.54 Å². The minimum atomic E-state index is 0.627. The van der Waals surface area contributed by atoms with E-state index in [9.17, 15) is 0 Å². The lowest BCUT2D eigenvalue weighted by Gasteiger charge is -2.08. The van der Waals surface area contributed by atoms with Gasteiger partial charge in [0.15, 0.2) is 0 Å². The Hall–Kier alpha value is -1.85. The van der Waals surface area contributed by atoms with E-state index in [1.54, 1.807) is 6.26 Å². The Bertz CT molecular complexity index is 739. The van der Waals surface area contributed by atoms with Gasteiger partial charge in [0.25, 0.3) is 5.22 Å². The number of nitrogens with zero attached hydrogens (tertiary/aromatic N) is 2. The van der Waals surface area contributed by atoms with Gasteiger partial charge < -0.3 is 9.73 Å². The molecule has 2 aromatic heterocycles. The van der Waals surface area contributed by atoms with E-state index < -0.39 is 0 Å². The number of fused-ring (bicyclic) bond motifs is 1. The summed E-state index contributed by atoms with van der Waals surface area (Å²) in [5.74, 6) is 0. The van der Waals surface area contributed by atoms with Crippen LogP contribution in [0.3, 0.4) is 0 Å². The molecule has 0 spiro atoms. The van der Waals surface area contributed by atoms with Gasteiger partial charge in [-0.15, -0.1) is 0 Å². The Morgan fingerprint density at radius 2 is 2.10 bits per heavy atom. The van der Waals surface area contributed by atoms with Crippen molar-refractivity contribution in [1.82, 2.24) is 15.3 Å². The largest absolute Gasteiger partial charge is 0.439 e. The second-order valence-corrected chi connectivity index (χ2v) is 5.47. The normalized spacial score (nSPS) is 11.1. The zero-order valence-corrected chi connectivity index (χ0v) is 12.2. The highest BCUT2D eigenvalue weighted by molar-refractivity contribution is 7.99. The first-order chi connectivity index (χ1) is 9.76. The molecule has 0 fully saturated rings. The predicted molar refractivity (Wildman–Crippen MR) is 79.9 cm³/mol. The van der Waals surface area contributed by atoms with Crippen LogP contribution in [0.1, 0.15) is 11.3 Å². The number of hydrogen-bond acceptors (Lipinski definition) is 5. The minimum Gasteiger partial charge on any atom is -0.439 e. The molecule has 0 aliphatic carbocycles. The number of aromatic nitrogens is 2. The predicted octanol–water partition coefficient (Wildman–Crippen LogP) is 3.40. The van der Waals surface area contributed by atoms with Crippen LogP contribution in [0.2, 0.25) is 0 Å². The molecule has 0 saturated carbocycles. The Balaban J connectivity index is 2.04. The van der Waals surface area contributed by atoms with Crippen LogP contribution in [0.4, 0.5) is 0 Å². The smallest absolute Gasteiger partial charge is 0.262 e. The monoisotopic (exact) mass is 285 g/mol. The molecular weight excluding hydrogens is 270 g/mol. The van der Waals surface area contributed by atoms with Gasteiger partial charge >= 0.3 is 0 Å². The number of oxazole rings is 1. The van der Waals surface area contributed by atoms with Gasteiger partial charge in [0, 0.05) is 11.9 Å². The average molecular weight is 285 g/mol. The van der Waals surface area contributed by atoms with Gasteiger partial charge in [-0.3, -0.25) is 0 Å². The molecule has 102 valence electrons. The Labute approximate surface area is 121 Å². The van der Waals surface area contributed by atoms with Crippen LogP contribution < -0.4 is 5.32 Å². The van der Waals surface area contributed by atoms with Crippen LogP contribution in [-0.4, -0.2) is 17.0 Å². The number of aryl methyl sites for hydroxylation is 1. The topological polar surface area (TPSA) is 51.0 Å². The number of nitrogens with one attached hydrogen (secondary N) is 1. The summed E-state index contributed by atoms with van der Waals surface area (Å²) in [7, 11) is 1.93. The van der Waals surface area contributed by atoms with E-state index in [-0.39, 0.29) is 0 Å². The maximum Gasteiger partial charge on any atom is 0.262 e. The van der Waals surface area contributed by atoms with E-state index in [0.717, 1.165) is 33.7 Å². The number of hydrogen-bond donors (Lipinski definition) is 1. The van der Waals surface area contributed by atoms with Crippen molar-refractivity contribution in [2.45, 2.75) is 23.7 Å². The minimum absolute atomic E-state index is 0.627. The molecule has 1 N–H and O–H groups in total. The molecule has 0 saturated heterocycles. The van der Waals surface area contributed by atoms with Crippen molar-refractivity contribution in [3.05, 3.63) is 47.9 Å². The molecule has 0 aliphatic heterocycles. The first-order valence-electron chi connectivity index (χ1n) is 6.39. The first-order valence-corrected chi connectivity index (χ1v) is 7.21.